The summed E-state index contributed by atoms with van der Waals surface area (Å²) in [7, 11) is 4.20. The minimum Gasteiger partial charge on any atom is -0.356 e. The van der Waals surface area contributed by atoms with Gasteiger partial charge in [-0.25, -0.2) is 0 Å². The molecule has 0 amide bonds. The van der Waals surface area contributed by atoms with Crippen molar-refractivity contribution < 1.29 is 0 Å². The van der Waals surface area contributed by atoms with Crippen LogP contribution in [-0.2, 0) is 13.5 Å². The highest BCUT2D eigenvalue weighted by Crippen LogP contribution is 2.26. The summed E-state index contributed by atoms with van der Waals surface area (Å²) < 4.78 is 2.00. The lowest BCUT2D eigenvalue weighted by atomic mass is 10.1. The van der Waals surface area contributed by atoms with Crippen LogP contribution in [0.4, 0.5) is 5.82 Å². The number of nitrogens with zero attached hydrogens (tertiary/aromatic N) is 3. The van der Waals surface area contributed by atoms with E-state index in [0.717, 1.165) is 24.3 Å². The Labute approximate surface area is 121 Å². The molecule has 2 atom stereocenters. The predicted molar refractivity (Wildman–Crippen MR) is 86.2 cm³/mol. The Hall–Kier alpha value is -0.680. The predicted octanol–water partition coefficient (Wildman–Crippen LogP) is 2.20. The third-order valence-corrected chi connectivity index (χ3v) is 4.27. The van der Waals surface area contributed by atoms with Gasteiger partial charge in [0.15, 0.2) is 0 Å². The lowest BCUT2D eigenvalue weighted by Crippen LogP contribution is -2.35. The maximum atomic E-state index is 5.98. The molecule has 2 N–H and O–H groups in total. The second kappa shape index (κ2) is 7.20. The van der Waals surface area contributed by atoms with Crippen LogP contribution in [0, 0.1) is 6.92 Å². The van der Waals surface area contributed by atoms with E-state index in [4.69, 9.17) is 5.73 Å². The topological polar surface area (TPSA) is 47.1 Å². The van der Waals surface area contributed by atoms with Gasteiger partial charge in [0.2, 0.25) is 0 Å². The van der Waals surface area contributed by atoms with Crippen LogP contribution < -0.4 is 10.6 Å². The van der Waals surface area contributed by atoms with Gasteiger partial charge in [0.05, 0.1) is 5.69 Å². The SMILES string of the molecule is CCC(CSC)N(C)c1c(CC(C)N)c(C)nn1C. The zero-order valence-electron chi connectivity index (χ0n) is 13.1. The van der Waals surface area contributed by atoms with Gasteiger partial charge in [-0.1, -0.05) is 6.92 Å². The first-order valence-corrected chi connectivity index (χ1v) is 8.31. The van der Waals surface area contributed by atoms with Crippen LogP contribution in [0.5, 0.6) is 0 Å². The van der Waals surface area contributed by atoms with E-state index in [1.807, 2.05) is 23.5 Å². The fourth-order valence-electron chi connectivity index (χ4n) is 2.56. The van der Waals surface area contributed by atoms with Crippen LogP contribution in [0.15, 0.2) is 0 Å². The highest BCUT2D eigenvalue weighted by Gasteiger charge is 2.22. The normalized spacial score (nSPS) is 14.5. The molecule has 110 valence electrons. The molecule has 4 nitrogen and oxygen atoms in total. The molecule has 0 fully saturated rings. The first kappa shape index (κ1) is 16.4. The number of aromatic nitrogens is 2. The third-order valence-electron chi connectivity index (χ3n) is 3.55. The number of hydrogen-bond donors (Lipinski definition) is 1. The van der Waals surface area contributed by atoms with Gasteiger partial charge >= 0.3 is 0 Å². The van der Waals surface area contributed by atoms with E-state index < -0.39 is 0 Å². The molecule has 2 unspecified atom stereocenters. The maximum Gasteiger partial charge on any atom is 0.130 e. The van der Waals surface area contributed by atoms with E-state index in [2.05, 4.69) is 44.1 Å². The minimum absolute atomic E-state index is 0.163. The number of anilines is 1. The van der Waals surface area contributed by atoms with E-state index in [-0.39, 0.29) is 6.04 Å². The first-order valence-electron chi connectivity index (χ1n) is 6.92. The van der Waals surface area contributed by atoms with Crippen molar-refractivity contribution >= 4 is 17.6 Å². The smallest absolute Gasteiger partial charge is 0.130 e. The Morgan fingerprint density at radius 3 is 2.58 bits per heavy atom. The molecule has 1 heterocycles. The van der Waals surface area contributed by atoms with E-state index in [0.29, 0.717) is 6.04 Å². The van der Waals surface area contributed by atoms with Crippen molar-refractivity contribution in [3.63, 3.8) is 0 Å². The molecule has 1 aromatic rings. The molecule has 0 bridgehead atoms. The molecule has 0 aliphatic rings. The number of aryl methyl sites for hydroxylation is 2. The van der Waals surface area contributed by atoms with Crippen LogP contribution in [0.3, 0.4) is 0 Å². The summed E-state index contributed by atoms with van der Waals surface area (Å²) in [4.78, 5) is 2.37. The van der Waals surface area contributed by atoms with Crippen LogP contribution in [0.2, 0.25) is 0 Å². The Kier molecular flexibility index (Phi) is 6.20. The molecule has 0 radical (unpaired) electrons. The molecule has 0 spiro atoms. The van der Waals surface area contributed by atoms with Crippen molar-refractivity contribution in [1.82, 2.24) is 9.78 Å². The molecular weight excluding hydrogens is 256 g/mol. The largest absolute Gasteiger partial charge is 0.356 e. The van der Waals surface area contributed by atoms with Gasteiger partial charge in [-0.3, -0.25) is 4.68 Å². The molecule has 5 heteroatoms. The highest BCUT2D eigenvalue weighted by atomic mass is 32.2. The second-order valence-corrected chi connectivity index (χ2v) is 6.23. The van der Waals surface area contributed by atoms with Crippen molar-refractivity contribution in [3.05, 3.63) is 11.3 Å². The van der Waals surface area contributed by atoms with Gasteiger partial charge < -0.3 is 10.6 Å². The summed E-state index contributed by atoms with van der Waals surface area (Å²) in [6.07, 6.45) is 4.18. The number of hydrogen-bond acceptors (Lipinski definition) is 4. The molecule has 1 aromatic heterocycles. The Bertz CT molecular complexity index is 400. The first-order chi connectivity index (χ1) is 8.92. The number of thioether (sulfide) groups is 1. The highest BCUT2D eigenvalue weighted by molar-refractivity contribution is 7.98. The molecule has 0 aliphatic heterocycles. The van der Waals surface area contributed by atoms with Crippen LogP contribution in [0.1, 0.15) is 31.5 Å². The van der Waals surface area contributed by atoms with E-state index >= 15 is 0 Å². The molecule has 19 heavy (non-hydrogen) atoms. The fraction of sp³-hybridized carbons (Fsp3) is 0.786. The summed E-state index contributed by atoms with van der Waals surface area (Å²) in [6.45, 7) is 6.37. The van der Waals surface area contributed by atoms with Crippen LogP contribution in [0.25, 0.3) is 0 Å². The van der Waals surface area contributed by atoms with Gasteiger partial charge in [-0.15, -0.1) is 0 Å². The number of nitrogens with two attached hydrogens (primary N) is 1. The van der Waals surface area contributed by atoms with E-state index in [1.54, 1.807) is 0 Å². The molecule has 0 aliphatic carbocycles. The van der Waals surface area contributed by atoms with Gasteiger partial charge in [0.1, 0.15) is 5.82 Å². The summed E-state index contributed by atoms with van der Waals surface area (Å²) in [6, 6.07) is 0.701. The monoisotopic (exact) mass is 284 g/mol. The van der Waals surface area contributed by atoms with Gasteiger partial charge in [-0.2, -0.15) is 16.9 Å². The zero-order chi connectivity index (χ0) is 14.6. The van der Waals surface area contributed by atoms with Crippen molar-refractivity contribution in [2.45, 2.75) is 45.7 Å². The summed E-state index contributed by atoms with van der Waals surface area (Å²) in [5, 5.41) is 4.57. The fourth-order valence-corrected chi connectivity index (χ4v) is 3.40. The van der Waals surface area contributed by atoms with Crippen molar-refractivity contribution in [2.24, 2.45) is 12.8 Å². The summed E-state index contributed by atoms with van der Waals surface area (Å²) >= 11 is 1.89. The Morgan fingerprint density at radius 1 is 1.47 bits per heavy atom. The second-order valence-electron chi connectivity index (χ2n) is 5.32. The zero-order valence-corrected chi connectivity index (χ0v) is 13.9. The average Bonchev–Trinajstić information content (AvgIpc) is 2.60. The Balaban J connectivity index is 3.09. The third kappa shape index (κ3) is 3.89. The van der Waals surface area contributed by atoms with Crippen molar-refractivity contribution in [2.75, 3.05) is 24.0 Å². The van der Waals surface area contributed by atoms with Gasteiger partial charge in [-0.05, 0) is 32.9 Å². The van der Waals surface area contributed by atoms with Crippen LogP contribution >= 0.6 is 11.8 Å². The Morgan fingerprint density at radius 2 is 2.11 bits per heavy atom. The molecule has 0 aromatic carbocycles. The van der Waals surface area contributed by atoms with Crippen molar-refractivity contribution in [3.8, 4) is 0 Å². The van der Waals surface area contributed by atoms with Gasteiger partial charge in [0, 0.05) is 37.5 Å². The maximum absolute atomic E-state index is 5.98. The molecular formula is C14H28N4S. The lowest BCUT2D eigenvalue weighted by Gasteiger charge is -2.30. The van der Waals surface area contributed by atoms with E-state index in [1.165, 1.54) is 11.4 Å². The molecule has 1 rings (SSSR count). The quantitative estimate of drug-likeness (QED) is 0.834. The van der Waals surface area contributed by atoms with Crippen LogP contribution in [-0.4, -0.2) is 40.9 Å². The van der Waals surface area contributed by atoms with Gasteiger partial charge in [0.25, 0.3) is 0 Å². The minimum atomic E-state index is 0.163. The molecule has 0 saturated heterocycles. The van der Waals surface area contributed by atoms with E-state index in [9.17, 15) is 0 Å². The summed E-state index contributed by atoms with van der Waals surface area (Å²) in [5.41, 5.74) is 8.37. The summed E-state index contributed by atoms with van der Waals surface area (Å²) in [5.74, 6) is 2.35. The lowest BCUT2D eigenvalue weighted by molar-refractivity contribution is 0.631. The standard InChI is InChI=1S/C14H28N4S/c1-7-12(9-19-6)17(4)14-13(8-10(2)15)11(3)16-18(14)5/h10,12H,7-9,15H2,1-6H3. The average molecular weight is 284 g/mol. The van der Waals surface area contributed by atoms with Crippen molar-refractivity contribution in [1.29, 1.82) is 0 Å². The number of rotatable bonds is 7. The molecule has 0 saturated carbocycles.